The molecule has 20 heavy (non-hydrogen) atoms. The molecule has 0 aliphatic rings. The molecule has 0 bridgehead atoms. The molecule has 0 radical (unpaired) electrons. The van der Waals surface area contributed by atoms with Gasteiger partial charge in [-0.2, -0.15) is 0 Å². The first-order chi connectivity index (χ1) is 9.52. The first-order valence-corrected chi connectivity index (χ1v) is 8.16. The number of rotatable bonds is 8. The van der Waals surface area contributed by atoms with Crippen LogP contribution in [0.3, 0.4) is 0 Å². The number of hydrogen-bond acceptors (Lipinski definition) is 2. The molecule has 1 rings (SSSR count). The van der Waals surface area contributed by atoms with Gasteiger partial charge in [-0.3, -0.25) is 4.90 Å². The molecule has 0 fully saturated rings. The number of benzene rings is 1. The lowest BCUT2D eigenvalue weighted by Crippen LogP contribution is -2.44. The Labute approximate surface area is 129 Å². The Balaban J connectivity index is 3.10. The summed E-state index contributed by atoms with van der Waals surface area (Å²) in [5, 5.41) is 0.819. The lowest BCUT2D eigenvalue weighted by molar-refractivity contribution is 0.121. The van der Waals surface area contributed by atoms with Crippen molar-refractivity contribution in [1.82, 2.24) is 4.90 Å². The SMILES string of the molecule is CCCCN(C(C)CC)C(c1ccccc1Cl)C(C)N. The Kier molecular flexibility index (Phi) is 7.57. The average Bonchev–Trinajstić information content (AvgIpc) is 2.43. The summed E-state index contributed by atoms with van der Waals surface area (Å²) in [5.74, 6) is 0. The molecule has 114 valence electrons. The summed E-state index contributed by atoms with van der Waals surface area (Å²) in [5.41, 5.74) is 7.46. The summed E-state index contributed by atoms with van der Waals surface area (Å²) in [4.78, 5) is 2.52. The fraction of sp³-hybridized carbons (Fsp3) is 0.647. The summed E-state index contributed by atoms with van der Waals surface area (Å²) in [6.07, 6.45) is 3.51. The van der Waals surface area contributed by atoms with Crippen LogP contribution in [0.2, 0.25) is 5.02 Å². The van der Waals surface area contributed by atoms with Gasteiger partial charge in [-0.1, -0.05) is 50.1 Å². The molecule has 0 aliphatic carbocycles. The van der Waals surface area contributed by atoms with Crippen LogP contribution in [0.5, 0.6) is 0 Å². The van der Waals surface area contributed by atoms with Gasteiger partial charge in [-0.25, -0.2) is 0 Å². The molecule has 1 aromatic carbocycles. The number of unbranched alkanes of at least 4 members (excludes halogenated alkanes) is 1. The van der Waals surface area contributed by atoms with Gasteiger partial charge in [0.15, 0.2) is 0 Å². The van der Waals surface area contributed by atoms with Gasteiger partial charge in [0.1, 0.15) is 0 Å². The van der Waals surface area contributed by atoms with Crippen molar-refractivity contribution in [3.05, 3.63) is 34.9 Å². The summed E-state index contributed by atoms with van der Waals surface area (Å²) in [6, 6.07) is 8.84. The number of halogens is 1. The Bertz CT molecular complexity index is 392. The van der Waals surface area contributed by atoms with Crippen molar-refractivity contribution >= 4 is 11.6 Å². The summed E-state index contributed by atoms with van der Waals surface area (Å²) in [6.45, 7) is 9.89. The molecule has 2 nitrogen and oxygen atoms in total. The van der Waals surface area contributed by atoms with E-state index in [4.69, 9.17) is 17.3 Å². The van der Waals surface area contributed by atoms with Crippen molar-refractivity contribution in [3.8, 4) is 0 Å². The van der Waals surface area contributed by atoms with Crippen LogP contribution in [-0.2, 0) is 0 Å². The van der Waals surface area contributed by atoms with Crippen molar-refractivity contribution in [1.29, 1.82) is 0 Å². The van der Waals surface area contributed by atoms with E-state index in [9.17, 15) is 0 Å². The topological polar surface area (TPSA) is 29.3 Å². The minimum Gasteiger partial charge on any atom is -0.326 e. The van der Waals surface area contributed by atoms with Gasteiger partial charge in [-0.05, 0) is 44.9 Å². The van der Waals surface area contributed by atoms with Crippen LogP contribution in [0.25, 0.3) is 0 Å². The van der Waals surface area contributed by atoms with E-state index < -0.39 is 0 Å². The zero-order chi connectivity index (χ0) is 15.1. The van der Waals surface area contributed by atoms with Crippen molar-refractivity contribution in [2.45, 2.75) is 65.1 Å². The highest BCUT2D eigenvalue weighted by Crippen LogP contribution is 2.31. The van der Waals surface area contributed by atoms with E-state index in [1.54, 1.807) is 0 Å². The molecule has 0 heterocycles. The molecule has 0 saturated heterocycles. The second kappa shape index (κ2) is 8.66. The zero-order valence-electron chi connectivity index (χ0n) is 13.3. The van der Waals surface area contributed by atoms with Crippen LogP contribution in [0.15, 0.2) is 24.3 Å². The van der Waals surface area contributed by atoms with E-state index in [2.05, 4.69) is 38.7 Å². The van der Waals surface area contributed by atoms with E-state index in [1.807, 2.05) is 18.2 Å². The largest absolute Gasteiger partial charge is 0.326 e. The zero-order valence-corrected chi connectivity index (χ0v) is 14.0. The fourth-order valence-corrected chi connectivity index (χ4v) is 2.94. The predicted octanol–water partition coefficient (Wildman–Crippen LogP) is 4.63. The maximum absolute atomic E-state index is 6.41. The first kappa shape index (κ1) is 17.5. The minimum atomic E-state index is 0.0563. The molecular formula is C17H29ClN2. The van der Waals surface area contributed by atoms with Crippen molar-refractivity contribution in [3.63, 3.8) is 0 Å². The molecular weight excluding hydrogens is 268 g/mol. The maximum atomic E-state index is 6.41. The smallest absolute Gasteiger partial charge is 0.0514 e. The molecule has 0 saturated carbocycles. The Morgan fingerprint density at radius 2 is 1.85 bits per heavy atom. The van der Waals surface area contributed by atoms with E-state index in [0.29, 0.717) is 6.04 Å². The minimum absolute atomic E-state index is 0.0563. The molecule has 3 unspecified atom stereocenters. The highest BCUT2D eigenvalue weighted by atomic mass is 35.5. The monoisotopic (exact) mass is 296 g/mol. The van der Waals surface area contributed by atoms with Gasteiger partial charge in [0, 0.05) is 17.1 Å². The van der Waals surface area contributed by atoms with E-state index in [0.717, 1.165) is 23.6 Å². The Morgan fingerprint density at radius 1 is 1.20 bits per heavy atom. The molecule has 0 aromatic heterocycles. The van der Waals surface area contributed by atoms with Crippen LogP contribution < -0.4 is 5.73 Å². The van der Waals surface area contributed by atoms with E-state index in [1.165, 1.54) is 12.8 Å². The standard InChI is InChI=1S/C17H29ClN2/c1-5-7-12-20(13(3)6-2)17(14(4)19)15-10-8-9-11-16(15)18/h8-11,13-14,17H,5-7,12,19H2,1-4H3. The lowest BCUT2D eigenvalue weighted by Gasteiger charge is -2.39. The molecule has 2 N–H and O–H groups in total. The van der Waals surface area contributed by atoms with Gasteiger partial charge >= 0.3 is 0 Å². The number of hydrogen-bond donors (Lipinski definition) is 1. The normalized spacial score (nSPS) is 16.1. The second-order valence-electron chi connectivity index (χ2n) is 5.67. The Morgan fingerprint density at radius 3 is 2.35 bits per heavy atom. The van der Waals surface area contributed by atoms with Crippen molar-refractivity contribution < 1.29 is 0 Å². The van der Waals surface area contributed by atoms with E-state index >= 15 is 0 Å². The third kappa shape index (κ3) is 4.47. The third-order valence-electron chi connectivity index (χ3n) is 4.01. The van der Waals surface area contributed by atoms with Crippen molar-refractivity contribution in [2.75, 3.05) is 6.54 Å². The van der Waals surface area contributed by atoms with Gasteiger partial charge in [0.05, 0.1) is 6.04 Å². The van der Waals surface area contributed by atoms with Crippen LogP contribution in [0.1, 0.15) is 58.6 Å². The van der Waals surface area contributed by atoms with Crippen LogP contribution in [-0.4, -0.2) is 23.5 Å². The summed E-state index contributed by atoms with van der Waals surface area (Å²) in [7, 11) is 0. The predicted molar refractivity (Wildman–Crippen MR) is 89.2 cm³/mol. The fourth-order valence-electron chi connectivity index (χ4n) is 2.69. The van der Waals surface area contributed by atoms with Crippen LogP contribution in [0, 0.1) is 0 Å². The molecule has 0 spiro atoms. The molecule has 0 amide bonds. The van der Waals surface area contributed by atoms with E-state index in [-0.39, 0.29) is 12.1 Å². The highest BCUT2D eigenvalue weighted by molar-refractivity contribution is 6.31. The molecule has 1 aromatic rings. The van der Waals surface area contributed by atoms with Gasteiger partial charge in [-0.15, -0.1) is 0 Å². The van der Waals surface area contributed by atoms with Gasteiger partial charge < -0.3 is 5.73 Å². The maximum Gasteiger partial charge on any atom is 0.0514 e. The summed E-state index contributed by atoms with van der Waals surface area (Å²) >= 11 is 6.41. The third-order valence-corrected chi connectivity index (χ3v) is 4.35. The Hall–Kier alpha value is -0.570. The number of nitrogens with two attached hydrogens (primary N) is 1. The van der Waals surface area contributed by atoms with Crippen LogP contribution >= 0.6 is 11.6 Å². The second-order valence-corrected chi connectivity index (χ2v) is 6.08. The highest BCUT2D eigenvalue weighted by Gasteiger charge is 2.28. The van der Waals surface area contributed by atoms with Crippen molar-refractivity contribution in [2.24, 2.45) is 5.73 Å². The molecule has 3 heteroatoms. The molecule has 3 atom stereocenters. The quantitative estimate of drug-likeness (QED) is 0.758. The lowest BCUT2D eigenvalue weighted by atomic mass is 9.96. The molecule has 0 aliphatic heterocycles. The average molecular weight is 297 g/mol. The number of nitrogens with zero attached hydrogens (tertiary/aromatic N) is 1. The summed E-state index contributed by atoms with van der Waals surface area (Å²) < 4.78 is 0. The van der Waals surface area contributed by atoms with Gasteiger partial charge in [0.2, 0.25) is 0 Å². The first-order valence-electron chi connectivity index (χ1n) is 7.78. The van der Waals surface area contributed by atoms with Gasteiger partial charge in [0.25, 0.3) is 0 Å². The van der Waals surface area contributed by atoms with Crippen LogP contribution in [0.4, 0.5) is 0 Å².